The minimum absolute atomic E-state index is 0.109. The van der Waals surface area contributed by atoms with Gasteiger partial charge in [-0.1, -0.05) is 15.9 Å². The van der Waals surface area contributed by atoms with Gasteiger partial charge >= 0.3 is 0 Å². The highest BCUT2D eigenvalue weighted by Gasteiger charge is 2.12. The molecule has 1 aromatic rings. The van der Waals surface area contributed by atoms with Crippen molar-refractivity contribution >= 4 is 21.8 Å². The van der Waals surface area contributed by atoms with Gasteiger partial charge in [0.1, 0.15) is 0 Å². The summed E-state index contributed by atoms with van der Waals surface area (Å²) in [5.74, 6) is -1.66. The summed E-state index contributed by atoms with van der Waals surface area (Å²) in [4.78, 5) is 10.7. The Bertz CT molecular complexity index is 338. The Morgan fingerprint density at radius 3 is 2.50 bits per heavy atom. The van der Waals surface area contributed by atoms with Crippen molar-refractivity contribution in [3.63, 3.8) is 0 Å². The summed E-state index contributed by atoms with van der Waals surface area (Å²) in [5, 5.41) is 18.2. The van der Waals surface area contributed by atoms with Crippen LogP contribution in [0.2, 0.25) is 0 Å². The first kappa shape index (κ1) is 8.86. The third-order valence-corrected chi connectivity index (χ3v) is 1.78. The Hall–Kier alpha value is -1.23. The van der Waals surface area contributed by atoms with Crippen LogP contribution in [0.3, 0.4) is 0 Å². The van der Waals surface area contributed by atoms with Gasteiger partial charge in [-0.2, -0.15) is 0 Å². The second kappa shape index (κ2) is 3.02. The lowest BCUT2D eigenvalue weighted by Gasteiger charge is -2.02. The molecule has 0 radical (unpaired) electrons. The molecule has 0 aliphatic heterocycles. The normalized spacial score (nSPS) is 9.75. The maximum absolute atomic E-state index is 10.7. The molecule has 4 nitrogen and oxygen atoms in total. The second-order valence-electron chi connectivity index (χ2n) is 2.19. The zero-order chi connectivity index (χ0) is 9.30. The lowest BCUT2D eigenvalue weighted by atomic mass is 10.2. The number of hydrogen-bond acceptors (Lipinski definition) is 3. The smallest absolute Gasteiger partial charge is 0.252 e. The molecule has 0 aliphatic carbocycles. The Kier molecular flexibility index (Phi) is 2.23. The van der Waals surface area contributed by atoms with Gasteiger partial charge in [-0.05, 0) is 12.1 Å². The van der Waals surface area contributed by atoms with Crippen LogP contribution in [0.5, 0.6) is 11.5 Å². The Morgan fingerprint density at radius 2 is 2.00 bits per heavy atom. The highest BCUT2D eigenvalue weighted by atomic mass is 79.9. The molecule has 4 N–H and O–H groups in total. The zero-order valence-corrected chi connectivity index (χ0v) is 7.50. The SMILES string of the molecule is NC(=O)c1cc(Br)cc(O)c1O. The van der Waals surface area contributed by atoms with E-state index in [0.29, 0.717) is 4.47 Å². The summed E-state index contributed by atoms with van der Waals surface area (Å²) in [7, 11) is 0. The number of primary amides is 1. The van der Waals surface area contributed by atoms with E-state index in [0.717, 1.165) is 0 Å². The van der Waals surface area contributed by atoms with E-state index in [1.165, 1.54) is 12.1 Å². The van der Waals surface area contributed by atoms with Gasteiger partial charge in [-0.3, -0.25) is 4.79 Å². The molecular formula is C7H6BrNO3. The molecule has 1 rings (SSSR count). The average Bonchev–Trinajstić information content (AvgIpc) is 1.96. The lowest BCUT2D eigenvalue weighted by Crippen LogP contribution is -2.11. The molecule has 1 aromatic carbocycles. The molecule has 0 saturated heterocycles. The number of nitrogens with two attached hydrogens (primary N) is 1. The Balaban J connectivity index is 3.37. The molecule has 0 saturated carbocycles. The fourth-order valence-electron chi connectivity index (χ4n) is 0.773. The number of hydrogen-bond donors (Lipinski definition) is 3. The third kappa shape index (κ3) is 1.50. The molecule has 0 atom stereocenters. The van der Waals surface area contributed by atoms with Gasteiger partial charge in [-0.25, -0.2) is 0 Å². The quantitative estimate of drug-likeness (QED) is 0.630. The van der Waals surface area contributed by atoms with E-state index in [9.17, 15) is 4.79 Å². The van der Waals surface area contributed by atoms with E-state index in [-0.39, 0.29) is 11.3 Å². The minimum atomic E-state index is -0.788. The van der Waals surface area contributed by atoms with Crippen LogP contribution in [0.25, 0.3) is 0 Å². The number of amides is 1. The van der Waals surface area contributed by atoms with Crippen molar-refractivity contribution in [2.24, 2.45) is 5.73 Å². The van der Waals surface area contributed by atoms with E-state index >= 15 is 0 Å². The summed E-state index contributed by atoms with van der Waals surface area (Å²) >= 11 is 3.04. The summed E-state index contributed by atoms with van der Waals surface area (Å²) in [5.41, 5.74) is 4.81. The van der Waals surface area contributed by atoms with E-state index in [1.54, 1.807) is 0 Å². The van der Waals surface area contributed by atoms with Gasteiger partial charge in [-0.15, -0.1) is 0 Å². The van der Waals surface area contributed by atoms with Crippen molar-refractivity contribution in [2.75, 3.05) is 0 Å². The van der Waals surface area contributed by atoms with Crippen LogP contribution >= 0.6 is 15.9 Å². The maximum atomic E-state index is 10.7. The van der Waals surface area contributed by atoms with E-state index in [2.05, 4.69) is 15.9 Å². The van der Waals surface area contributed by atoms with Crippen LogP contribution in [0.4, 0.5) is 0 Å². The second-order valence-corrected chi connectivity index (χ2v) is 3.10. The summed E-state index contributed by atoms with van der Waals surface area (Å²) in [6, 6.07) is 2.60. The molecule has 1 amide bonds. The predicted molar refractivity (Wildman–Crippen MR) is 46.0 cm³/mol. The Labute approximate surface area is 76.8 Å². The standard InChI is InChI=1S/C7H6BrNO3/c8-3-1-4(7(9)12)6(11)5(10)2-3/h1-2,10-11H,(H2,9,12). The number of phenols is 2. The van der Waals surface area contributed by atoms with Crippen LogP contribution in [0, 0.1) is 0 Å². The molecule has 0 aromatic heterocycles. The van der Waals surface area contributed by atoms with Crippen LogP contribution in [-0.4, -0.2) is 16.1 Å². The summed E-state index contributed by atoms with van der Waals surface area (Å²) in [6.45, 7) is 0. The number of carbonyl (C=O) groups is 1. The largest absolute Gasteiger partial charge is 0.504 e. The number of carbonyl (C=O) groups excluding carboxylic acids is 1. The molecule has 12 heavy (non-hydrogen) atoms. The van der Waals surface area contributed by atoms with Gasteiger partial charge in [0.25, 0.3) is 5.91 Å². The summed E-state index contributed by atoms with van der Waals surface area (Å²) < 4.78 is 0.478. The molecule has 64 valence electrons. The molecule has 0 heterocycles. The molecule has 0 spiro atoms. The van der Waals surface area contributed by atoms with Crippen molar-refractivity contribution < 1.29 is 15.0 Å². The highest BCUT2D eigenvalue weighted by Crippen LogP contribution is 2.31. The van der Waals surface area contributed by atoms with Crippen molar-refractivity contribution in [3.8, 4) is 11.5 Å². The van der Waals surface area contributed by atoms with Crippen molar-refractivity contribution in [3.05, 3.63) is 22.2 Å². The number of halogens is 1. The zero-order valence-electron chi connectivity index (χ0n) is 5.91. The first-order valence-corrected chi connectivity index (χ1v) is 3.83. The van der Waals surface area contributed by atoms with Crippen molar-refractivity contribution in [1.82, 2.24) is 0 Å². The number of aromatic hydroxyl groups is 2. The van der Waals surface area contributed by atoms with Crippen molar-refractivity contribution in [1.29, 1.82) is 0 Å². The monoisotopic (exact) mass is 231 g/mol. The number of rotatable bonds is 1. The van der Waals surface area contributed by atoms with Crippen molar-refractivity contribution in [2.45, 2.75) is 0 Å². The van der Waals surface area contributed by atoms with Gasteiger partial charge in [0.2, 0.25) is 0 Å². The fraction of sp³-hybridized carbons (Fsp3) is 0. The third-order valence-electron chi connectivity index (χ3n) is 1.32. The highest BCUT2D eigenvalue weighted by molar-refractivity contribution is 9.10. The van der Waals surface area contributed by atoms with E-state index in [1.807, 2.05) is 0 Å². The van der Waals surface area contributed by atoms with Crippen LogP contribution in [0.1, 0.15) is 10.4 Å². The van der Waals surface area contributed by atoms with Gasteiger partial charge in [0, 0.05) is 4.47 Å². The van der Waals surface area contributed by atoms with Gasteiger partial charge in [0.05, 0.1) is 5.56 Å². The maximum Gasteiger partial charge on any atom is 0.252 e. The Morgan fingerprint density at radius 1 is 1.42 bits per heavy atom. The first-order valence-electron chi connectivity index (χ1n) is 3.03. The van der Waals surface area contributed by atoms with Crippen LogP contribution < -0.4 is 5.73 Å². The molecular weight excluding hydrogens is 226 g/mol. The van der Waals surface area contributed by atoms with Gasteiger partial charge in [0.15, 0.2) is 11.5 Å². The average molecular weight is 232 g/mol. The van der Waals surface area contributed by atoms with Gasteiger partial charge < -0.3 is 15.9 Å². The van der Waals surface area contributed by atoms with E-state index in [4.69, 9.17) is 15.9 Å². The van der Waals surface area contributed by atoms with Crippen LogP contribution in [-0.2, 0) is 0 Å². The molecule has 0 aliphatic rings. The minimum Gasteiger partial charge on any atom is -0.504 e. The molecule has 0 bridgehead atoms. The number of benzene rings is 1. The first-order chi connectivity index (χ1) is 5.52. The topological polar surface area (TPSA) is 83.6 Å². The van der Waals surface area contributed by atoms with Crippen LogP contribution in [0.15, 0.2) is 16.6 Å². The molecule has 0 fully saturated rings. The molecule has 5 heteroatoms. The summed E-state index contributed by atoms with van der Waals surface area (Å²) in [6.07, 6.45) is 0. The van der Waals surface area contributed by atoms with E-state index < -0.39 is 11.7 Å². The predicted octanol–water partition coefficient (Wildman–Crippen LogP) is 0.959. The lowest BCUT2D eigenvalue weighted by molar-refractivity contribution is 0.0997. The molecule has 0 unspecified atom stereocenters. The number of phenolic OH excluding ortho intramolecular Hbond substituents is 1. The fourth-order valence-corrected chi connectivity index (χ4v) is 1.22.